The highest BCUT2D eigenvalue weighted by molar-refractivity contribution is 7.14. The summed E-state index contributed by atoms with van der Waals surface area (Å²) < 4.78 is 33.7. The van der Waals surface area contributed by atoms with E-state index in [1.54, 1.807) is 19.9 Å². The van der Waals surface area contributed by atoms with Crippen molar-refractivity contribution in [3.05, 3.63) is 51.9 Å². The molecule has 0 fully saturated rings. The molecule has 0 atom stereocenters. The molecule has 0 saturated heterocycles. The molecule has 0 spiro atoms. The lowest BCUT2D eigenvalue weighted by Gasteiger charge is -2.16. The number of thiazole rings is 1. The number of nitrogens with one attached hydrogen (secondary N) is 1. The molecule has 3 aromatic rings. The van der Waals surface area contributed by atoms with E-state index in [-0.39, 0.29) is 16.3 Å². The number of benzene rings is 1. The molecule has 0 unspecified atom stereocenters. The van der Waals surface area contributed by atoms with Crippen LogP contribution in [-0.4, -0.2) is 28.2 Å². The Labute approximate surface area is 181 Å². The number of aromatic nitrogens is 1. The third-order valence-corrected chi connectivity index (χ3v) is 5.97. The highest BCUT2D eigenvalue weighted by Gasteiger charge is 2.19. The summed E-state index contributed by atoms with van der Waals surface area (Å²) in [4.78, 5) is 17.7. The molecule has 160 valence electrons. The minimum Gasteiger partial charge on any atom is -0.482 e. The maximum absolute atomic E-state index is 14.0. The smallest absolute Gasteiger partial charge is 0.275 e. The molecule has 9 heteroatoms. The normalized spacial score (nSPS) is 11.5. The van der Waals surface area contributed by atoms with Crippen LogP contribution in [0.25, 0.3) is 10.6 Å². The maximum atomic E-state index is 14.0. The Bertz CT molecular complexity index is 1020. The molecule has 2 heterocycles. The zero-order valence-electron chi connectivity index (χ0n) is 16.8. The molecule has 5 nitrogen and oxygen atoms in total. The van der Waals surface area contributed by atoms with Crippen molar-refractivity contribution in [3.8, 4) is 15.6 Å². The number of aryl methyl sites for hydroxylation is 1. The molecule has 0 radical (unpaired) electrons. The average molecular weight is 453 g/mol. The van der Waals surface area contributed by atoms with Gasteiger partial charge in [0.1, 0.15) is 22.3 Å². The first-order chi connectivity index (χ1) is 14.1. The van der Waals surface area contributed by atoms with Gasteiger partial charge in [0.2, 0.25) is 0 Å². The minimum absolute atomic E-state index is 0.0643. The van der Waals surface area contributed by atoms with E-state index < -0.39 is 23.1 Å². The van der Waals surface area contributed by atoms with E-state index in [1.165, 1.54) is 22.8 Å². The molecule has 1 aromatic carbocycles. The molecule has 1 amide bonds. The standard InChI is InChI=1S/C21H22F2N2O3S2/c1-12-10-15(20(30-12)28-9-5-8-21(2,3)27)24-18(26)16-11-29-19(25-16)17-13(22)6-4-7-14(17)23/h4,6-7,10-11,27H,5,8-9H2,1-3H3,(H,24,26). The largest absolute Gasteiger partial charge is 0.482 e. The molecule has 0 aliphatic rings. The molecule has 30 heavy (non-hydrogen) atoms. The maximum Gasteiger partial charge on any atom is 0.275 e. The van der Waals surface area contributed by atoms with Gasteiger partial charge in [-0.15, -0.1) is 22.7 Å². The quantitative estimate of drug-likeness (QED) is 0.434. The van der Waals surface area contributed by atoms with E-state index in [0.29, 0.717) is 30.2 Å². The second-order valence-electron chi connectivity index (χ2n) is 7.41. The van der Waals surface area contributed by atoms with E-state index >= 15 is 0 Å². The van der Waals surface area contributed by atoms with Gasteiger partial charge in [-0.25, -0.2) is 13.8 Å². The van der Waals surface area contributed by atoms with Crippen LogP contribution in [0.2, 0.25) is 0 Å². The number of carbonyl (C=O) groups excluding carboxylic acids is 1. The molecule has 2 N–H and O–H groups in total. The predicted octanol–water partition coefficient (Wildman–Crippen LogP) is 5.64. The van der Waals surface area contributed by atoms with Crippen molar-refractivity contribution in [2.24, 2.45) is 0 Å². The summed E-state index contributed by atoms with van der Waals surface area (Å²) in [5, 5.41) is 14.6. The lowest BCUT2D eigenvalue weighted by molar-refractivity contribution is 0.0643. The topological polar surface area (TPSA) is 71.5 Å². The molecule has 2 aromatic heterocycles. The highest BCUT2D eigenvalue weighted by Crippen LogP contribution is 2.36. The van der Waals surface area contributed by atoms with Gasteiger partial charge in [0.25, 0.3) is 5.91 Å². The number of hydrogen-bond donors (Lipinski definition) is 2. The summed E-state index contributed by atoms with van der Waals surface area (Å²) in [6.07, 6.45) is 1.25. The number of aliphatic hydroxyl groups is 1. The first-order valence-corrected chi connectivity index (χ1v) is 11.0. The number of ether oxygens (including phenoxy) is 1. The summed E-state index contributed by atoms with van der Waals surface area (Å²) >= 11 is 2.39. The monoisotopic (exact) mass is 452 g/mol. The van der Waals surface area contributed by atoms with Crippen LogP contribution in [0.1, 0.15) is 42.1 Å². The third kappa shape index (κ3) is 5.62. The van der Waals surface area contributed by atoms with Crippen LogP contribution in [0.5, 0.6) is 5.06 Å². The van der Waals surface area contributed by atoms with Crippen molar-refractivity contribution in [2.45, 2.75) is 39.2 Å². The molecule has 0 bridgehead atoms. The Hall–Kier alpha value is -2.36. The lowest BCUT2D eigenvalue weighted by Crippen LogP contribution is -2.19. The molecule has 0 aliphatic heterocycles. The molecule has 0 aliphatic carbocycles. The summed E-state index contributed by atoms with van der Waals surface area (Å²) in [5.74, 6) is -1.95. The number of halogens is 2. The fourth-order valence-electron chi connectivity index (χ4n) is 2.74. The number of anilines is 1. The van der Waals surface area contributed by atoms with Crippen molar-refractivity contribution >= 4 is 34.3 Å². The van der Waals surface area contributed by atoms with Crippen LogP contribution in [0.3, 0.4) is 0 Å². The van der Waals surface area contributed by atoms with Gasteiger partial charge < -0.3 is 15.2 Å². The number of nitrogens with zero attached hydrogens (tertiary/aromatic N) is 1. The number of carbonyl (C=O) groups is 1. The Morgan fingerprint density at radius 2 is 2.00 bits per heavy atom. The summed E-state index contributed by atoms with van der Waals surface area (Å²) in [5.41, 5.74) is -0.429. The van der Waals surface area contributed by atoms with Crippen LogP contribution in [-0.2, 0) is 0 Å². The first-order valence-electron chi connectivity index (χ1n) is 9.31. The molecule has 3 rings (SSSR count). The number of amides is 1. The van der Waals surface area contributed by atoms with Gasteiger partial charge in [0.05, 0.1) is 23.5 Å². The van der Waals surface area contributed by atoms with E-state index in [2.05, 4.69) is 10.3 Å². The van der Waals surface area contributed by atoms with E-state index in [9.17, 15) is 18.7 Å². The molecular weight excluding hydrogens is 430 g/mol. The van der Waals surface area contributed by atoms with Crippen LogP contribution in [0.4, 0.5) is 14.5 Å². The zero-order chi connectivity index (χ0) is 21.9. The van der Waals surface area contributed by atoms with Crippen LogP contribution in [0.15, 0.2) is 29.6 Å². The van der Waals surface area contributed by atoms with Crippen molar-refractivity contribution < 1.29 is 23.4 Å². The molecular formula is C21H22F2N2O3S2. The van der Waals surface area contributed by atoms with Gasteiger partial charge in [-0.1, -0.05) is 6.07 Å². The second-order valence-corrected chi connectivity index (χ2v) is 9.49. The van der Waals surface area contributed by atoms with Gasteiger partial charge in [0, 0.05) is 10.3 Å². The second kappa shape index (κ2) is 9.20. The average Bonchev–Trinajstić information content (AvgIpc) is 3.25. The Balaban J connectivity index is 1.69. The number of thiophene rings is 1. The Morgan fingerprint density at radius 3 is 2.67 bits per heavy atom. The van der Waals surface area contributed by atoms with Crippen molar-refractivity contribution in [3.63, 3.8) is 0 Å². The van der Waals surface area contributed by atoms with Gasteiger partial charge in [0.15, 0.2) is 5.06 Å². The van der Waals surface area contributed by atoms with Crippen LogP contribution < -0.4 is 10.1 Å². The van der Waals surface area contributed by atoms with E-state index in [1.807, 2.05) is 6.92 Å². The number of hydrogen-bond acceptors (Lipinski definition) is 6. The van der Waals surface area contributed by atoms with Crippen LogP contribution >= 0.6 is 22.7 Å². The first kappa shape index (κ1) is 22.3. The Morgan fingerprint density at radius 1 is 1.30 bits per heavy atom. The van der Waals surface area contributed by atoms with Crippen LogP contribution in [0, 0.1) is 18.6 Å². The van der Waals surface area contributed by atoms with Crippen molar-refractivity contribution in [1.82, 2.24) is 4.98 Å². The van der Waals surface area contributed by atoms with Gasteiger partial charge >= 0.3 is 0 Å². The fourth-order valence-corrected chi connectivity index (χ4v) is 4.42. The lowest BCUT2D eigenvalue weighted by atomic mass is 10.0. The SMILES string of the molecule is Cc1cc(NC(=O)c2csc(-c3c(F)cccc3F)n2)c(OCCCC(C)(C)O)s1. The van der Waals surface area contributed by atoms with Crippen molar-refractivity contribution in [2.75, 3.05) is 11.9 Å². The van der Waals surface area contributed by atoms with E-state index in [0.717, 1.165) is 28.3 Å². The van der Waals surface area contributed by atoms with Gasteiger partial charge in [-0.05, 0) is 51.8 Å². The minimum atomic E-state index is -0.758. The third-order valence-electron chi connectivity index (χ3n) is 4.15. The summed E-state index contributed by atoms with van der Waals surface area (Å²) in [6.45, 7) is 5.78. The molecule has 0 saturated carbocycles. The predicted molar refractivity (Wildman–Crippen MR) is 116 cm³/mol. The zero-order valence-corrected chi connectivity index (χ0v) is 18.4. The van der Waals surface area contributed by atoms with Crippen molar-refractivity contribution in [1.29, 1.82) is 0 Å². The summed E-state index contributed by atoms with van der Waals surface area (Å²) in [6, 6.07) is 5.36. The van der Waals surface area contributed by atoms with Gasteiger partial charge in [-0.2, -0.15) is 0 Å². The number of rotatable bonds is 8. The highest BCUT2D eigenvalue weighted by atomic mass is 32.1. The van der Waals surface area contributed by atoms with E-state index in [4.69, 9.17) is 4.74 Å². The summed E-state index contributed by atoms with van der Waals surface area (Å²) in [7, 11) is 0. The Kier molecular flexibility index (Phi) is 6.84. The fraction of sp³-hybridized carbons (Fsp3) is 0.333. The van der Waals surface area contributed by atoms with Gasteiger partial charge in [-0.3, -0.25) is 4.79 Å².